The third-order valence-electron chi connectivity index (χ3n) is 3.09. The Morgan fingerprint density at radius 2 is 1.70 bits per heavy atom. The zero-order valence-electron chi connectivity index (χ0n) is 12.4. The smallest absolute Gasteiger partial charge is 0.323 e. The fraction of sp³-hybridized carbons (Fsp3) is 0.500. The van der Waals surface area contributed by atoms with Crippen molar-refractivity contribution in [2.75, 3.05) is 13.6 Å². The molecule has 1 amide bonds. The van der Waals surface area contributed by atoms with E-state index in [1.165, 1.54) is 17.5 Å². The number of rotatable bonds is 7. The predicted molar refractivity (Wildman–Crippen MR) is 78.6 cm³/mol. The number of benzene rings is 1. The van der Waals surface area contributed by atoms with Gasteiger partial charge in [0.15, 0.2) is 0 Å². The Morgan fingerprint density at radius 3 is 2.20 bits per heavy atom. The number of nitrogens with zero attached hydrogens (tertiary/aromatic N) is 1. The summed E-state index contributed by atoms with van der Waals surface area (Å²) in [6.45, 7) is 4.13. The summed E-state index contributed by atoms with van der Waals surface area (Å²) in [5, 5.41) is 8.63. The van der Waals surface area contributed by atoms with Crippen LogP contribution in [0.4, 0.5) is 0 Å². The molecule has 0 aliphatic heterocycles. The second kappa shape index (κ2) is 7.68. The molecule has 4 nitrogen and oxygen atoms in total. The van der Waals surface area contributed by atoms with Crippen molar-refractivity contribution >= 4 is 11.9 Å². The molecule has 0 saturated carbocycles. The first kappa shape index (κ1) is 16.2. The Kier molecular flexibility index (Phi) is 6.22. The Morgan fingerprint density at radius 1 is 1.15 bits per heavy atom. The molecular formula is C16H23NO3. The van der Waals surface area contributed by atoms with Crippen LogP contribution in [0.15, 0.2) is 24.3 Å². The normalized spacial score (nSPS) is 10.6. The molecule has 0 bridgehead atoms. The van der Waals surface area contributed by atoms with Gasteiger partial charge in [0.05, 0.1) is 0 Å². The molecule has 110 valence electrons. The number of likely N-dealkylation sites (N-methyl/N-ethyl adjacent to an activating group) is 1. The van der Waals surface area contributed by atoms with Crippen LogP contribution in [0.25, 0.3) is 0 Å². The molecule has 0 aliphatic rings. The van der Waals surface area contributed by atoms with Crippen LogP contribution < -0.4 is 0 Å². The average Bonchev–Trinajstić information content (AvgIpc) is 2.36. The van der Waals surface area contributed by atoms with E-state index in [0.29, 0.717) is 18.8 Å². The van der Waals surface area contributed by atoms with Crippen molar-refractivity contribution < 1.29 is 14.7 Å². The molecule has 0 radical (unpaired) electrons. The van der Waals surface area contributed by atoms with E-state index in [9.17, 15) is 9.59 Å². The predicted octanol–water partition coefficient (Wildman–Crippen LogP) is 2.36. The van der Waals surface area contributed by atoms with E-state index in [2.05, 4.69) is 26.0 Å². The van der Waals surface area contributed by atoms with Crippen molar-refractivity contribution in [3.05, 3.63) is 35.4 Å². The van der Waals surface area contributed by atoms with Gasteiger partial charge in [0, 0.05) is 13.5 Å². The fourth-order valence-electron chi connectivity index (χ4n) is 2.05. The molecule has 1 N–H and O–H groups in total. The van der Waals surface area contributed by atoms with Crippen LogP contribution in [-0.2, 0) is 22.4 Å². The van der Waals surface area contributed by atoms with Gasteiger partial charge in [0.25, 0.3) is 0 Å². The van der Waals surface area contributed by atoms with E-state index in [-0.39, 0.29) is 12.5 Å². The molecule has 0 heterocycles. The minimum absolute atomic E-state index is 0.140. The second-order valence-corrected chi connectivity index (χ2v) is 5.56. The molecule has 1 rings (SSSR count). The molecule has 1 aromatic carbocycles. The van der Waals surface area contributed by atoms with Crippen molar-refractivity contribution in [1.29, 1.82) is 0 Å². The number of aryl methyl sites for hydroxylation is 1. The van der Waals surface area contributed by atoms with Crippen LogP contribution in [0.1, 0.15) is 31.4 Å². The fourth-order valence-corrected chi connectivity index (χ4v) is 2.05. The third-order valence-corrected chi connectivity index (χ3v) is 3.09. The molecule has 0 fully saturated rings. The zero-order chi connectivity index (χ0) is 15.1. The second-order valence-electron chi connectivity index (χ2n) is 5.56. The van der Waals surface area contributed by atoms with Crippen LogP contribution in [-0.4, -0.2) is 35.5 Å². The summed E-state index contributed by atoms with van der Waals surface area (Å²) in [7, 11) is 1.52. The molecule has 0 aliphatic carbocycles. The van der Waals surface area contributed by atoms with Gasteiger partial charge in [-0.05, 0) is 29.9 Å². The Labute approximate surface area is 120 Å². The number of aliphatic carboxylic acids is 1. The summed E-state index contributed by atoms with van der Waals surface area (Å²) in [4.78, 5) is 23.5. The Balaban J connectivity index is 2.45. The van der Waals surface area contributed by atoms with E-state index in [0.717, 1.165) is 12.0 Å². The van der Waals surface area contributed by atoms with Crippen LogP contribution in [0.2, 0.25) is 0 Å². The molecule has 0 aromatic heterocycles. The van der Waals surface area contributed by atoms with Gasteiger partial charge in [0.2, 0.25) is 5.91 Å². The summed E-state index contributed by atoms with van der Waals surface area (Å²) in [5.41, 5.74) is 2.41. The van der Waals surface area contributed by atoms with Gasteiger partial charge in [0.1, 0.15) is 6.54 Å². The monoisotopic (exact) mass is 277 g/mol. The summed E-state index contributed by atoms with van der Waals surface area (Å²) < 4.78 is 0. The van der Waals surface area contributed by atoms with Gasteiger partial charge in [-0.3, -0.25) is 9.59 Å². The highest BCUT2D eigenvalue weighted by Crippen LogP contribution is 2.11. The number of hydrogen-bond acceptors (Lipinski definition) is 2. The lowest BCUT2D eigenvalue weighted by molar-refractivity contribution is -0.143. The number of carboxylic acids is 1. The quantitative estimate of drug-likeness (QED) is 0.832. The number of hydrogen-bond donors (Lipinski definition) is 1. The number of carbonyl (C=O) groups excluding carboxylic acids is 1. The maximum absolute atomic E-state index is 11.7. The summed E-state index contributed by atoms with van der Waals surface area (Å²) in [6, 6.07) is 8.28. The van der Waals surface area contributed by atoms with Crippen molar-refractivity contribution in [2.45, 2.75) is 33.1 Å². The maximum Gasteiger partial charge on any atom is 0.323 e. The van der Waals surface area contributed by atoms with E-state index >= 15 is 0 Å². The molecular weight excluding hydrogens is 254 g/mol. The standard InChI is InChI=1S/C16H23NO3/c1-12(2)10-14-6-4-13(5-7-14)8-9-15(18)17(3)11-16(19)20/h4-7,12H,8-11H2,1-3H3,(H,19,20). The van der Waals surface area contributed by atoms with Gasteiger partial charge in [-0.15, -0.1) is 0 Å². The molecule has 0 spiro atoms. The first-order valence-electron chi connectivity index (χ1n) is 6.92. The lowest BCUT2D eigenvalue weighted by Crippen LogP contribution is -2.32. The number of carboxylic acid groups (broad SMARTS) is 1. The number of amides is 1. The minimum atomic E-state index is -0.987. The minimum Gasteiger partial charge on any atom is -0.480 e. The van der Waals surface area contributed by atoms with Crippen molar-refractivity contribution in [2.24, 2.45) is 5.92 Å². The largest absolute Gasteiger partial charge is 0.480 e. The average molecular weight is 277 g/mol. The van der Waals surface area contributed by atoms with Crippen molar-refractivity contribution in [3.8, 4) is 0 Å². The van der Waals surface area contributed by atoms with Gasteiger partial charge < -0.3 is 10.0 Å². The van der Waals surface area contributed by atoms with E-state index in [1.54, 1.807) is 0 Å². The third kappa shape index (κ3) is 5.87. The summed E-state index contributed by atoms with van der Waals surface area (Å²) in [6.07, 6.45) is 2.04. The van der Waals surface area contributed by atoms with Gasteiger partial charge in [-0.25, -0.2) is 0 Å². The first-order chi connectivity index (χ1) is 9.38. The topological polar surface area (TPSA) is 57.6 Å². The Hall–Kier alpha value is -1.84. The van der Waals surface area contributed by atoms with Gasteiger partial charge in [-0.2, -0.15) is 0 Å². The van der Waals surface area contributed by atoms with Gasteiger partial charge in [-0.1, -0.05) is 38.1 Å². The van der Waals surface area contributed by atoms with Crippen molar-refractivity contribution in [3.63, 3.8) is 0 Å². The van der Waals surface area contributed by atoms with E-state index < -0.39 is 5.97 Å². The molecule has 4 heteroatoms. The molecule has 0 unspecified atom stereocenters. The van der Waals surface area contributed by atoms with Crippen LogP contribution >= 0.6 is 0 Å². The lowest BCUT2D eigenvalue weighted by atomic mass is 10.0. The number of carbonyl (C=O) groups is 2. The highest BCUT2D eigenvalue weighted by molar-refractivity contribution is 5.81. The first-order valence-corrected chi connectivity index (χ1v) is 6.92. The molecule has 20 heavy (non-hydrogen) atoms. The SMILES string of the molecule is CC(C)Cc1ccc(CCC(=O)N(C)CC(=O)O)cc1. The Bertz CT molecular complexity index is 451. The lowest BCUT2D eigenvalue weighted by Gasteiger charge is -2.14. The maximum atomic E-state index is 11.7. The summed E-state index contributed by atoms with van der Waals surface area (Å²) in [5.74, 6) is -0.496. The zero-order valence-corrected chi connectivity index (χ0v) is 12.4. The van der Waals surface area contributed by atoms with Gasteiger partial charge >= 0.3 is 5.97 Å². The molecule has 1 aromatic rings. The summed E-state index contributed by atoms with van der Waals surface area (Å²) >= 11 is 0. The van der Waals surface area contributed by atoms with Crippen molar-refractivity contribution in [1.82, 2.24) is 4.90 Å². The van der Waals surface area contributed by atoms with Crippen LogP contribution in [0.5, 0.6) is 0 Å². The van der Waals surface area contributed by atoms with Crippen LogP contribution in [0.3, 0.4) is 0 Å². The molecule has 0 saturated heterocycles. The van der Waals surface area contributed by atoms with E-state index in [1.807, 2.05) is 12.1 Å². The van der Waals surface area contributed by atoms with E-state index in [4.69, 9.17) is 5.11 Å². The highest BCUT2D eigenvalue weighted by Gasteiger charge is 2.11. The highest BCUT2D eigenvalue weighted by atomic mass is 16.4. The van der Waals surface area contributed by atoms with Crippen LogP contribution in [0, 0.1) is 5.92 Å². The molecule has 0 atom stereocenters.